The Hall–Kier alpha value is -0.610. The Morgan fingerprint density at radius 3 is 2.27 bits per heavy atom. The van der Waals surface area contributed by atoms with E-state index in [2.05, 4.69) is 17.6 Å². The van der Waals surface area contributed by atoms with Crippen molar-refractivity contribution in [3.8, 4) is 0 Å². The van der Waals surface area contributed by atoms with E-state index in [1.165, 1.54) is 6.54 Å². The van der Waals surface area contributed by atoms with Gasteiger partial charge in [-0.3, -0.25) is 9.69 Å². The van der Waals surface area contributed by atoms with E-state index in [1.54, 1.807) is 0 Å². The van der Waals surface area contributed by atoms with E-state index in [4.69, 9.17) is 9.53 Å². The lowest BCUT2D eigenvalue weighted by Gasteiger charge is -2.24. The maximum Gasteiger partial charge on any atom is 0.204 e. The molecule has 4 heteroatoms. The third-order valence-corrected chi connectivity index (χ3v) is 1.55. The first kappa shape index (κ1) is 10.4. The fourth-order valence-corrected chi connectivity index (χ4v) is 0.917. The number of carbonyl (C=O) groups is 1. The molecule has 1 amide bonds. The number of primary amides is 1. The van der Waals surface area contributed by atoms with Gasteiger partial charge in [-0.25, -0.2) is 0 Å². The maximum absolute atomic E-state index is 8.58. The fraction of sp³-hybridized carbons (Fsp3) is 0.857. The van der Waals surface area contributed by atoms with Crippen molar-refractivity contribution < 1.29 is 9.53 Å². The number of nitrogens with zero attached hydrogens (tertiary/aromatic N) is 1. The summed E-state index contributed by atoms with van der Waals surface area (Å²) in [5.74, 6) is 0. The van der Waals surface area contributed by atoms with Crippen LogP contribution in [0.25, 0.3) is 0 Å². The molecule has 11 heavy (non-hydrogen) atoms. The molecule has 0 unspecified atom stereocenters. The molecule has 1 aliphatic rings. The summed E-state index contributed by atoms with van der Waals surface area (Å²) in [6, 6.07) is 0. The zero-order valence-corrected chi connectivity index (χ0v) is 6.95. The highest BCUT2D eigenvalue weighted by Gasteiger charge is 2.05. The molecule has 1 rings (SSSR count). The standard InChI is InChI=1S/C6H13NO.CH3NO/c1-2-7-3-5-8-6-4-7;2-1-3/h2-6H2,1H3;1H,(H2,2,3). The normalized spacial score (nSPS) is 18.3. The van der Waals surface area contributed by atoms with Crippen LogP contribution in [0.3, 0.4) is 0 Å². The number of ether oxygens (including phenoxy) is 1. The van der Waals surface area contributed by atoms with Gasteiger partial charge in [0.2, 0.25) is 6.41 Å². The van der Waals surface area contributed by atoms with Crippen LogP contribution in [0.15, 0.2) is 0 Å². The number of hydrogen-bond donors (Lipinski definition) is 1. The smallest absolute Gasteiger partial charge is 0.204 e. The molecule has 1 fully saturated rings. The summed E-state index contributed by atoms with van der Waals surface area (Å²) >= 11 is 0. The molecule has 0 bridgehead atoms. The molecule has 1 saturated heterocycles. The minimum absolute atomic E-state index is 0.250. The van der Waals surface area contributed by atoms with Crippen molar-refractivity contribution >= 4 is 6.41 Å². The Bertz CT molecular complexity index is 92.4. The average Bonchev–Trinajstić information content (AvgIpc) is 2.08. The van der Waals surface area contributed by atoms with Crippen molar-refractivity contribution in [2.75, 3.05) is 32.8 Å². The van der Waals surface area contributed by atoms with Crippen LogP contribution in [0.4, 0.5) is 0 Å². The number of amides is 1. The van der Waals surface area contributed by atoms with E-state index in [9.17, 15) is 0 Å². The Morgan fingerprint density at radius 1 is 1.55 bits per heavy atom. The molecule has 4 nitrogen and oxygen atoms in total. The van der Waals surface area contributed by atoms with E-state index in [0.29, 0.717) is 0 Å². The van der Waals surface area contributed by atoms with Crippen molar-refractivity contribution in [1.29, 1.82) is 0 Å². The summed E-state index contributed by atoms with van der Waals surface area (Å²) in [7, 11) is 0. The quantitative estimate of drug-likeness (QED) is 0.523. The molecule has 0 aliphatic carbocycles. The summed E-state index contributed by atoms with van der Waals surface area (Å²) < 4.78 is 5.16. The van der Waals surface area contributed by atoms with Crippen LogP contribution in [0.5, 0.6) is 0 Å². The molecule has 0 aromatic carbocycles. The summed E-state index contributed by atoms with van der Waals surface area (Å²) in [5, 5.41) is 0. The topological polar surface area (TPSA) is 55.6 Å². The second-order valence-electron chi connectivity index (χ2n) is 2.18. The van der Waals surface area contributed by atoms with Crippen LogP contribution in [0, 0.1) is 0 Å². The average molecular weight is 160 g/mol. The molecule has 1 heterocycles. The van der Waals surface area contributed by atoms with Gasteiger partial charge in [0.15, 0.2) is 0 Å². The van der Waals surface area contributed by atoms with Gasteiger partial charge < -0.3 is 10.5 Å². The summed E-state index contributed by atoms with van der Waals surface area (Å²) in [4.78, 5) is 11.0. The largest absolute Gasteiger partial charge is 0.379 e. The van der Waals surface area contributed by atoms with Gasteiger partial charge in [0.1, 0.15) is 0 Å². The van der Waals surface area contributed by atoms with Crippen LogP contribution in [0.2, 0.25) is 0 Å². The van der Waals surface area contributed by atoms with Crippen LogP contribution in [0.1, 0.15) is 6.92 Å². The maximum atomic E-state index is 8.58. The van der Waals surface area contributed by atoms with Gasteiger partial charge in [0.05, 0.1) is 13.2 Å². The minimum atomic E-state index is 0.250. The number of hydrogen-bond acceptors (Lipinski definition) is 3. The van der Waals surface area contributed by atoms with Crippen LogP contribution < -0.4 is 5.73 Å². The van der Waals surface area contributed by atoms with Crippen LogP contribution in [-0.4, -0.2) is 44.2 Å². The van der Waals surface area contributed by atoms with E-state index in [1.807, 2.05) is 0 Å². The highest BCUT2D eigenvalue weighted by Crippen LogP contribution is 1.93. The SMILES string of the molecule is CCN1CCOCC1.NC=O. The Labute approximate surface area is 67.3 Å². The van der Waals surface area contributed by atoms with E-state index < -0.39 is 0 Å². The van der Waals surface area contributed by atoms with Gasteiger partial charge in [0.25, 0.3) is 0 Å². The molecule has 66 valence electrons. The van der Waals surface area contributed by atoms with Gasteiger partial charge in [-0.1, -0.05) is 6.92 Å². The second kappa shape index (κ2) is 7.50. The number of nitrogens with two attached hydrogens (primary N) is 1. The van der Waals surface area contributed by atoms with Crippen molar-refractivity contribution in [2.24, 2.45) is 5.73 Å². The summed E-state index contributed by atoms with van der Waals surface area (Å²) in [6.07, 6.45) is 0.250. The first-order chi connectivity index (χ1) is 5.35. The Kier molecular flexibility index (Phi) is 7.08. The zero-order valence-electron chi connectivity index (χ0n) is 6.95. The van der Waals surface area contributed by atoms with Gasteiger partial charge in [-0.2, -0.15) is 0 Å². The second-order valence-corrected chi connectivity index (χ2v) is 2.18. The molecular weight excluding hydrogens is 144 g/mol. The van der Waals surface area contributed by atoms with Gasteiger partial charge in [-0.05, 0) is 6.54 Å². The zero-order chi connectivity index (χ0) is 8.53. The molecule has 0 aromatic heterocycles. The van der Waals surface area contributed by atoms with Crippen LogP contribution >= 0.6 is 0 Å². The molecule has 1 aliphatic heterocycles. The van der Waals surface area contributed by atoms with Crippen molar-refractivity contribution in [1.82, 2.24) is 4.90 Å². The van der Waals surface area contributed by atoms with Gasteiger partial charge in [-0.15, -0.1) is 0 Å². The molecule has 2 N–H and O–H groups in total. The highest BCUT2D eigenvalue weighted by molar-refractivity contribution is 5.42. The molecule has 0 saturated carbocycles. The molecule has 0 atom stereocenters. The lowest BCUT2D eigenvalue weighted by atomic mass is 10.4. The highest BCUT2D eigenvalue weighted by atomic mass is 16.5. The lowest BCUT2D eigenvalue weighted by molar-refractivity contribution is -0.106. The van der Waals surface area contributed by atoms with E-state index in [-0.39, 0.29) is 6.41 Å². The first-order valence-electron chi connectivity index (χ1n) is 3.80. The summed E-state index contributed by atoms with van der Waals surface area (Å²) in [6.45, 7) is 7.45. The molecule has 0 radical (unpaired) electrons. The van der Waals surface area contributed by atoms with E-state index in [0.717, 1.165) is 26.3 Å². The predicted octanol–water partition coefficient (Wildman–Crippen LogP) is -0.560. The molecule has 0 aromatic rings. The van der Waals surface area contributed by atoms with Crippen LogP contribution in [-0.2, 0) is 9.53 Å². The van der Waals surface area contributed by atoms with Gasteiger partial charge >= 0.3 is 0 Å². The lowest BCUT2D eigenvalue weighted by Crippen LogP contribution is -2.35. The third-order valence-electron chi connectivity index (χ3n) is 1.55. The molecular formula is C7H16N2O2. The minimum Gasteiger partial charge on any atom is -0.379 e. The number of carbonyl (C=O) groups excluding carboxylic acids is 1. The number of rotatable bonds is 1. The van der Waals surface area contributed by atoms with Crippen molar-refractivity contribution in [3.63, 3.8) is 0 Å². The van der Waals surface area contributed by atoms with Crippen molar-refractivity contribution in [3.05, 3.63) is 0 Å². The van der Waals surface area contributed by atoms with Crippen molar-refractivity contribution in [2.45, 2.75) is 6.92 Å². The molecule has 0 spiro atoms. The van der Waals surface area contributed by atoms with Gasteiger partial charge in [0, 0.05) is 13.1 Å². The fourth-order valence-electron chi connectivity index (χ4n) is 0.917. The predicted molar refractivity (Wildman–Crippen MR) is 43.2 cm³/mol. The van der Waals surface area contributed by atoms with E-state index >= 15 is 0 Å². The Morgan fingerprint density at radius 2 is 2.00 bits per heavy atom. The monoisotopic (exact) mass is 160 g/mol. The Balaban J connectivity index is 0.000000292. The summed E-state index contributed by atoms with van der Waals surface area (Å²) in [5.41, 5.74) is 4.17. The number of likely N-dealkylation sites (N-methyl/N-ethyl adjacent to an activating group) is 1. The first-order valence-corrected chi connectivity index (χ1v) is 3.80. The number of morpholine rings is 1. The third kappa shape index (κ3) is 5.82.